The van der Waals surface area contributed by atoms with Gasteiger partial charge in [0.1, 0.15) is 0 Å². The third kappa shape index (κ3) is 23.1. The highest BCUT2D eigenvalue weighted by molar-refractivity contribution is 14.1. The highest BCUT2D eigenvalue weighted by Gasteiger charge is 1.79. The Bertz CT molecular complexity index is 49.0. The van der Waals surface area contributed by atoms with E-state index in [-0.39, 0.29) is 5.91 Å². The van der Waals surface area contributed by atoms with E-state index in [1.54, 1.807) is 0 Å². The molecule has 0 atom stereocenters. The average Bonchev–Trinajstić information content (AvgIpc) is 1.73. The Balaban J connectivity index is 0. The van der Waals surface area contributed by atoms with Gasteiger partial charge in [-0.2, -0.15) is 0 Å². The number of alkyl halides is 1. The van der Waals surface area contributed by atoms with E-state index in [4.69, 9.17) is 5.21 Å². The maximum atomic E-state index is 9.58. The second-order valence-electron chi connectivity index (χ2n) is 0.600. The normalized spacial score (nSPS) is 6.14. The highest BCUT2D eigenvalue weighted by atomic mass is 127. The zero-order chi connectivity index (χ0) is 6.28. The minimum Gasteiger partial charge on any atom is -0.369 e. The van der Waals surface area contributed by atoms with Crippen LogP contribution in [0.3, 0.4) is 0 Å². The summed E-state index contributed by atoms with van der Waals surface area (Å²) in [6.45, 7) is 0. The number of carbonyl (C=O) groups excluding carboxylic acids is 1. The Morgan fingerprint density at radius 2 is 1.86 bits per heavy atom. The van der Waals surface area contributed by atoms with Crippen LogP contribution in [0.15, 0.2) is 0 Å². The smallest absolute Gasteiger partial charge is 0.227 e. The molecule has 0 aliphatic heterocycles. The summed E-state index contributed by atoms with van der Waals surface area (Å²) in [5.41, 5.74) is 4.65. The van der Waals surface area contributed by atoms with E-state index in [0.29, 0.717) is 4.43 Å². The molecule has 0 aliphatic carbocycles. The fourth-order valence-electron chi connectivity index (χ4n) is 0. The number of hydrogen-bond donors (Lipinski definition) is 3. The molecule has 0 aromatic carbocycles. The molecule has 0 aromatic heterocycles. The Morgan fingerprint density at radius 3 is 1.86 bits per heavy atom. The minimum atomic E-state index is -0.259. The standard InChI is InChI=1S/C2H4INO.H3NO/c3-1-2(4)5;1-2/h1H2,(H2,4,5);2H,1H2. The van der Waals surface area contributed by atoms with Gasteiger partial charge < -0.3 is 10.9 Å². The van der Waals surface area contributed by atoms with Crippen LogP contribution in [0.2, 0.25) is 0 Å². The highest BCUT2D eigenvalue weighted by Crippen LogP contribution is 1.72. The molecular formula is C2H7IN2O2. The molecule has 0 saturated carbocycles. The second-order valence-corrected chi connectivity index (χ2v) is 1.36. The fourth-order valence-corrected chi connectivity index (χ4v) is 0. The first-order chi connectivity index (χ1) is 3.27. The van der Waals surface area contributed by atoms with Crippen molar-refractivity contribution in [2.75, 3.05) is 4.43 Å². The summed E-state index contributed by atoms with van der Waals surface area (Å²) in [6, 6.07) is 0. The molecule has 0 aliphatic rings. The molecule has 44 valence electrons. The minimum absolute atomic E-state index is 0.259. The van der Waals surface area contributed by atoms with E-state index in [1.165, 1.54) is 0 Å². The van der Waals surface area contributed by atoms with E-state index in [1.807, 2.05) is 22.6 Å². The van der Waals surface area contributed by atoms with Crippen molar-refractivity contribution in [1.29, 1.82) is 0 Å². The molecule has 4 nitrogen and oxygen atoms in total. The molecular weight excluding hydrogens is 211 g/mol. The first-order valence-electron chi connectivity index (χ1n) is 1.37. The van der Waals surface area contributed by atoms with Crippen molar-refractivity contribution < 1.29 is 10.0 Å². The Labute approximate surface area is 55.0 Å². The molecule has 0 heterocycles. The van der Waals surface area contributed by atoms with Crippen LogP contribution in [0.1, 0.15) is 0 Å². The molecule has 0 unspecified atom stereocenters. The summed E-state index contributed by atoms with van der Waals surface area (Å²) in [5.74, 6) is 3.24. The average molecular weight is 218 g/mol. The number of amides is 1. The van der Waals surface area contributed by atoms with Gasteiger partial charge in [0.2, 0.25) is 5.91 Å². The molecule has 5 heteroatoms. The van der Waals surface area contributed by atoms with Gasteiger partial charge in [0.15, 0.2) is 0 Å². The topological polar surface area (TPSA) is 89.3 Å². The van der Waals surface area contributed by atoms with E-state index < -0.39 is 0 Å². The fraction of sp³-hybridized carbons (Fsp3) is 0.500. The van der Waals surface area contributed by atoms with Gasteiger partial charge in [-0.15, -0.1) is 0 Å². The van der Waals surface area contributed by atoms with Crippen molar-refractivity contribution in [2.24, 2.45) is 11.6 Å². The third-order valence-corrected chi connectivity index (χ3v) is 0.884. The van der Waals surface area contributed by atoms with Gasteiger partial charge in [-0.25, -0.2) is 5.90 Å². The van der Waals surface area contributed by atoms with E-state index >= 15 is 0 Å². The molecule has 0 aromatic rings. The number of hydrogen-bond acceptors (Lipinski definition) is 3. The van der Waals surface area contributed by atoms with Crippen molar-refractivity contribution >= 4 is 28.5 Å². The molecule has 0 rings (SSSR count). The van der Waals surface area contributed by atoms with Crippen molar-refractivity contribution in [3.05, 3.63) is 0 Å². The molecule has 0 bridgehead atoms. The number of primary amides is 1. The molecule has 7 heavy (non-hydrogen) atoms. The first-order valence-corrected chi connectivity index (χ1v) is 2.90. The molecule has 1 amide bonds. The number of rotatable bonds is 1. The van der Waals surface area contributed by atoms with Gasteiger partial charge in [-0.05, 0) is 0 Å². The van der Waals surface area contributed by atoms with Crippen LogP contribution < -0.4 is 11.6 Å². The SMILES string of the molecule is NC(=O)CI.NO. The third-order valence-electron chi connectivity index (χ3n) is 0.132. The van der Waals surface area contributed by atoms with Gasteiger partial charge in [0.25, 0.3) is 0 Å². The summed E-state index contributed by atoms with van der Waals surface area (Å²) < 4.78 is 0.414. The molecule has 0 fully saturated rings. The van der Waals surface area contributed by atoms with E-state index in [2.05, 4.69) is 11.6 Å². The monoisotopic (exact) mass is 218 g/mol. The van der Waals surface area contributed by atoms with Crippen molar-refractivity contribution in [3.63, 3.8) is 0 Å². The predicted molar refractivity (Wildman–Crippen MR) is 34.1 cm³/mol. The Hall–Kier alpha value is 0.120. The van der Waals surface area contributed by atoms with Crippen LogP contribution in [-0.4, -0.2) is 15.5 Å². The van der Waals surface area contributed by atoms with Gasteiger partial charge in [0.05, 0.1) is 4.43 Å². The number of halogens is 1. The van der Waals surface area contributed by atoms with Gasteiger partial charge in [-0.3, -0.25) is 4.79 Å². The largest absolute Gasteiger partial charge is 0.369 e. The Morgan fingerprint density at radius 1 is 1.71 bits per heavy atom. The van der Waals surface area contributed by atoms with Crippen molar-refractivity contribution in [3.8, 4) is 0 Å². The molecule has 5 N–H and O–H groups in total. The van der Waals surface area contributed by atoms with Gasteiger partial charge >= 0.3 is 0 Å². The maximum absolute atomic E-state index is 9.58. The molecule has 0 spiro atoms. The Kier molecular flexibility index (Phi) is 13.7. The van der Waals surface area contributed by atoms with E-state index in [0.717, 1.165) is 0 Å². The molecule has 0 radical (unpaired) electrons. The quantitative estimate of drug-likeness (QED) is 0.307. The van der Waals surface area contributed by atoms with Gasteiger partial charge in [0, 0.05) is 0 Å². The number of carbonyl (C=O) groups is 1. The zero-order valence-corrected chi connectivity index (χ0v) is 5.75. The summed E-state index contributed by atoms with van der Waals surface area (Å²) in [6.07, 6.45) is 0. The summed E-state index contributed by atoms with van der Waals surface area (Å²) in [5, 5.41) is 6.50. The van der Waals surface area contributed by atoms with Crippen LogP contribution >= 0.6 is 22.6 Å². The second kappa shape index (κ2) is 9.45. The zero-order valence-electron chi connectivity index (χ0n) is 3.60. The van der Waals surface area contributed by atoms with Crippen LogP contribution in [0.4, 0.5) is 0 Å². The number of nitrogens with two attached hydrogens (primary N) is 2. The van der Waals surface area contributed by atoms with Crippen LogP contribution in [-0.2, 0) is 4.79 Å². The van der Waals surface area contributed by atoms with Gasteiger partial charge in [-0.1, -0.05) is 22.6 Å². The lowest BCUT2D eigenvalue weighted by Crippen LogP contribution is -2.10. The lowest BCUT2D eigenvalue weighted by Gasteiger charge is -1.71. The lowest BCUT2D eigenvalue weighted by atomic mass is 10.8. The van der Waals surface area contributed by atoms with Crippen molar-refractivity contribution in [2.45, 2.75) is 0 Å². The summed E-state index contributed by atoms with van der Waals surface area (Å²) in [4.78, 5) is 9.58. The summed E-state index contributed by atoms with van der Waals surface area (Å²) in [7, 11) is 0. The molecule has 0 saturated heterocycles. The maximum Gasteiger partial charge on any atom is 0.227 e. The lowest BCUT2D eigenvalue weighted by molar-refractivity contribution is -0.115. The summed E-state index contributed by atoms with van der Waals surface area (Å²) >= 11 is 1.90. The van der Waals surface area contributed by atoms with Crippen LogP contribution in [0.25, 0.3) is 0 Å². The predicted octanol–water partition coefficient (Wildman–Crippen LogP) is -0.759. The van der Waals surface area contributed by atoms with E-state index in [9.17, 15) is 4.79 Å². The van der Waals surface area contributed by atoms with Crippen LogP contribution in [0, 0.1) is 0 Å². The van der Waals surface area contributed by atoms with Crippen LogP contribution in [0.5, 0.6) is 0 Å². The van der Waals surface area contributed by atoms with Crippen molar-refractivity contribution in [1.82, 2.24) is 0 Å². The first kappa shape index (κ1) is 10.2.